The number of rotatable bonds is 5. The van der Waals surface area contributed by atoms with Crippen LogP contribution in [0.4, 0.5) is 11.4 Å². The molecule has 1 aliphatic rings. The number of carbonyl (C=O) groups is 1. The topological polar surface area (TPSA) is 72.7 Å². The van der Waals surface area contributed by atoms with Crippen LogP contribution in [-0.4, -0.2) is 24.0 Å². The fourth-order valence-corrected chi connectivity index (χ4v) is 3.65. The van der Waals surface area contributed by atoms with Crippen molar-refractivity contribution >= 4 is 17.3 Å². The number of nitro benzene ring substituents is 1. The smallest absolute Gasteiger partial charge is 0.338 e. The van der Waals surface area contributed by atoms with Gasteiger partial charge in [0, 0.05) is 19.2 Å². The molecule has 0 radical (unpaired) electrons. The van der Waals surface area contributed by atoms with E-state index in [2.05, 4.69) is 6.92 Å². The molecule has 2 aromatic carbocycles. The summed E-state index contributed by atoms with van der Waals surface area (Å²) in [5.74, 6) is -0.0573. The van der Waals surface area contributed by atoms with Gasteiger partial charge < -0.3 is 9.64 Å². The van der Waals surface area contributed by atoms with Crippen molar-refractivity contribution in [2.45, 2.75) is 40.2 Å². The van der Waals surface area contributed by atoms with Gasteiger partial charge in [-0.05, 0) is 55.9 Å². The normalized spacial score (nSPS) is 16.7. The van der Waals surface area contributed by atoms with E-state index in [0.717, 1.165) is 42.6 Å². The second-order valence-electron chi connectivity index (χ2n) is 7.66. The molecule has 28 heavy (non-hydrogen) atoms. The molecule has 148 valence electrons. The Morgan fingerprint density at radius 2 is 2.04 bits per heavy atom. The van der Waals surface area contributed by atoms with Crippen LogP contribution in [-0.2, 0) is 11.3 Å². The standard InChI is InChI=1S/C22H26N2O4/c1-15-6-7-17(3)19(11-15)14-28-22(25)18-8-9-20(21(12-18)24(26)27)23-10-4-5-16(2)13-23/h6-9,11-12,16H,4-5,10,13-14H2,1-3H3/t16-/m1/s1. The Hall–Kier alpha value is -2.89. The van der Waals surface area contributed by atoms with Crippen molar-refractivity contribution in [2.75, 3.05) is 18.0 Å². The molecule has 1 atom stereocenters. The third kappa shape index (κ3) is 4.50. The minimum Gasteiger partial charge on any atom is -0.457 e. The van der Waals surface area contributed by atoms with E-state index in [0.29, 0.717) is 11.6 Å². The first-order chi connectivity index (χ1) is 13.3. The quantitative estimate of drug-likeness (QED) is 0.422. The first kappa shape index (κ1) is 19.9. The summed E-state index contributed by atoms with van der Waals surface area (Å²) in [6.45, 7) is 7.82. The predicted molar refractivity (Wildman–Crippen MR) is 109 cm³/mol. The molecule has 3 rings (SSSR count). The zero-order valence-corrected chi connectivity index (χ0v) is 16.6. The summed E-state index contributed by atoms with van der Waals surface area (Å²) < 4.78 is 5.41. The third-order valence-corrected chi connectivity index (χ3v) is 5.27. The minimum absolute atomic E-state index is 0.0460. The largest absolute Gasteiger partial charge is 0.457 e. The monoisotopic (exact) mass is 382 g/mol. The molecule has 1 heterocycles. The molecule has 1 aliphatic heterocycles. The van der Waals surface area contributed by atoms with Gasteiger partial charge in [-0.15, -0.1) is 0 Å². The molecule has 0 spiro atoms. The fourth-order valence-electron chi connectivity index (χ4n) is 3.65. The highest BCUT2D eigenvalue weighted by Gasteiger charge is 2.25. The molecule has 0 saturated carbocycles. The highest BCUT2D eigenvalue weighted by atomic mass is 16.6. The lowest BCUT2D eigenvalue weighted by Crippen LogP contribution is -2.34. The van der Waals surface area contributed by atoms with Crippen LogP contribution in [0.3, 0.4) is 0 Å². The minimum atomic E-state index is -0.553. The first-order valence-corrected chi connectivity index (χ1v) is 9.62. The van der Waals surface area contributed by atoms with Crippen LogP contribution in [0.1, 0.15) is 46.8 Å². The van der Waals surface area contributed by atoms with E-state index < -0.39 is 10.9 Å². The molecule has 1 fully saturated rings. The highest BCUT2D eigenvalue weighted by molar-refractivity contribution is 5.91. The van der Waals surface area contributed by atoms with Gasteiger partial charge in [-0.1, -0.05) is 30.7 Å². The van der Waals surface area contributed by atoms with Gasteiger partial charge in [0.1, 0.15) is 12.3 Å². The number of carbonyl (C=O) groups excluding carboxylic acids is 1. The summed E-state index contributed by atoms with van der Waals surface area (Å²) in [7, 11) is 0. The Morgan fingerprint density at radius 1 is 1.25 bits per heavy atom. The first-order valence-electron chi connectivity index (χ1n) is 9.62. The SMILES string of the molecule is Cc1ccc(C)c(COC(=O)c2ccc(N3CCC[C@@H](C)C3)c([N+](=O)[O-])c2)c1. The number of piperidine rings is 1. The van der Waals surface area contributed by atoms with Gasteiger partial charge in [-0.2, -0.15) is 0 Å². The average molecular weight is 382 g/mol. The van der Waals surface area contributed by atoms with Crippen LogP contribution in [0.2, 0.25) is 0 Å². The molecule has 0 amide bonds. The van der Waals surface area contributed by atoms with E-state index in [1.54, 1.807) is 12.1 Å². The van der Waals surface area contributed by atoms with Crippen molar-refractivity contribution < 1.29 is 14.5 Å². The molecular weight excluding hydrogens is 356 g/mol. The van der Waals surface area contributed by atoms with E-state index in [4.69, 9.17) is 4.74 Å². The van der Waals surface area contributed by atoms with Crippen LogP contribution < -0.4 is 4.90 Å². The summed E-state index contributed by atoms with van der Waals surface area (Å²) in [6, 6.07) is 10.6. The van der Waals surface area contributed by atoms with Crippen molar-refractivity contribution in [2.24, 2.45) is 5.92 Å². The van der Waals surface area contributed by atoms with E-state index in [1.165, 1.54) is 6.07 Å². The average Bonchev–Trinajstić information content (AvgIpc) is 2.68. The summed E-state index contributed by atoms with van der Waals surface area (Å²) in [6.07, 6.45) is 2.14. The van der Waals surface area contributed by atoms with Crippen LogP contribution in [0.5, 0.6) is 0 Å². The second-order valence-corrected chi connectivity index (χ2v) is 7.66. The summed E-state index contributed by atoms with van der Waals surface area (Å²) in [4.78, 5) is 25.7. The van der Waals surface area contributed by atoms with Crippen molar-refractivity contribution in [3.05, 3.63) is 68.8 Å². The lowest BCUT2D eigenvalue weighted by atomic mass is 9.99. The third-order valence-electron chi connectivity index (χ3n) is 5.27. The van der Waals surface area contributed by atoms with Crippen molar-refractivity contribution in [1.82, 2.24) is 0 Å². The number of aryl methyl sites for hydroxylation is 2. The van der Waals surface area contributed by atoms with E-state index in [9.17, 15) is 14.9 Å². The molecule has 0 N–H and O–H groups in total. The Kier molecular flexibility index (Phi) is 5.97. The number of hydrogen-bond donors (Lipinski definition) is 0. The van der Waals surface area contributed by atoms with Crippen molar-refractivity contribution in [3.63, 3.8) is 0 Å². The zero-order chi connectivity index (χ0) is 20.3. The molecule has 1 saturated heterocycles. The number of esters is 1. The number of nitro groups is 1. The lowest BCUT2D eigenvalue weighted by molar-refractivity contribution is -0.384. The maximum absolute atomic E-state index is 12.5. The lowest BCUT2D eigenvalue weighted by Gasteiger charge is -2.32. The van der Waals surface area contributed by atoms with Gasteiger partial charge in [-0.25, -0.2) is 4.79 Å². The number of ether oxygens (including phenoxy) is 1. The second kappa shape index (κ2) is 8.42. The van der Waals surface area contributed by atoms with Gasteiger partial charge in [-0.3, -0.25) is 10.1 Å². The van der Waals surface area contributed by atoms with E-state index in [-0.39, 0.29) is 17.9 Å². The molecule has 6 heteroatoms. The van der Waals surface area contributed by atoms with Crippen LogP contribution >= 0.6 is 0 Å². The number of hydrogen-bond acceptors (Lipinski definition) is 5. The van der Waals surface area contributed by atoms with E-state index in [1.807, 2.05) is 36.9 Å². The van der Waals surface area contributed by atoms with Crippen LogP contribution in [0.25, 0.3) is 0 Å². The van der Waals surface area contributed by atoms with Gasteiger partial charge >= 0.3 is 5.97 Å². The number of anilines is 1. The van der Waals surface area contributed by atoms with Crippen molar-refractivity contribution in [3.8, 4) is 0 Å². The number of benzene rings is 2. The van der Waals surface area contributed by atoms with Gasteiger partial charge in [0.15, 0.2) is 0 Å². The van der Waals surface area contributed by atoms with Gasteiger partial charge in [0.2, 0.25) is 0 Å². The maximum Gasteiger partial charge on any atom is 0.338 e. The molecule has 0 aromatic heterocycles. The fraction of sp³-hybridized carbons (Fsp3) is 0.409. The Balaban J connectivity index is 1.78. The zero-order valence-electron chi connectivity index (χ0n) is 16.6. The molecule has 6 nitrogen and oxygen atoms in total. The Labute approximate surface area is 165 Å². The maximum atomic E-state index is 12.5. The summed E-state index contributed by atoms with van der Waals surface area (Å²) >= 11 is 0. The summed E-state index contributed by atoms with van der Waals surface area (Å²) in [5, 5.41) is 11.6. The predicted octanol–water partition coefficient (Wildman–Crippen LogP) is 4.80. The van der Waals surface area contributed by atoms with Crippen molar-refractivity contribution in [1.29, 1.82) is 0 Å². The molecular formula is C22H26N2O4. The highest BCUT2D eigenvalue weighted by Crippen LogP contribution is 2.32. The van der Waals surface area contributed by atoms with E-state index >= 15 is 0 Å². The summed E-state index contributed by atoms with van der Waals surface area (Å²) in [5.41, 5.74) is 3.79. The van der Waals surface area contributed by atoms with Crippen LogP contribution in [0, 0.1) is 29.9 Å². The van der Waals surface area contributed by atoms with Gasteiger partial charge in [0.25, 0.3) is 5.69 Å². The molecule has 0 aliphatic carbocycles. The Bertz CT molecular complexity index is 894. The number of nitrogens with zero attached hydrogens (tertiary/aromatic N) is 2. The molecule has 2 aromatic rings. The Morgan fingerprint density at radius 3 is 2.75 bits per heavy atom. The van der Waals surface area contributed by atoms with Crippen LogP contribution in [0.15, 0.2) is 36.4 Å². The molecule has 0 bridgehead atoms. The molecule has 0 unspecified atom stereocenters. The van der Waals surface area contributed by atoms with Gasteiger partial charge in [0.05, 0.1) is 10.5 Å².